The lowest BCUT2D eigenvalue weighted by Gasteiger charge is -2.27. The number of H-pyrrole nitrogens is 1. The molecule has 1 fully saturated rings. The summed E-state index contributed by atoms with van der Waals surface area (Å²) in [5.74, 6) is 0.704. The summed E-state index contributed by atoms with van der Waals surface area (Å²) in [7, 11) is 0. The second-order valence-corrected chi connectivity index (χ2v) is 7.09. The molecule has 1 aliphatic carbocycles. The molecule has 1 amide bonds. The average molecular weight is 338 g/mol. The van der Waals surface area contributed by atoms with Gasteiger partial charge >= 0.3 is 0 Å². The van der Waals surface area contributed by atoms with Gasteiger partial charge in [0.25, 0.3) is 5.56 Å². The van der Waals surface area contributed by atoms with Crippen molar-refractivity contribution in [2.24, 2.45) is 5.92 Å². The minimum absolute atomic E-state index is 0.0431. The normalized spacial score (nSPS) is 20.8. The Balaban J connectivity index is 1.66. The summed E-state index contributed by atoms with van der Waals surface area (Å²) < 4.78 is 1.80. The molecule has 6 nitrogen and oxygen atoms in total. The van der Waals surface area contributed by atoms with Crippen molar-refractivity contribution < 1.29 is 4.79 Å². The maximum atomic E-state index is 12.6. The lowest BCUT2D eigenvalue weighted by molar-refractivity contribution is -0.122. The van der Waals surface area contributed by atoms with Crippen LogP contribution in [0.3, 0.4) is 0 Å². The quantitative estimate of drug-likeness (QED) is 0.770. The Morgan fingerprint density at radius 1 is 1.24 bits per heavy atom. The van der Waals surface area contributed by atoms with Crippen molar-refractivity contribution in [1.82, 2.24) is 20.1 Å². The van der Waals surface area contributed by atoms with Crippen LogP contribution in [0.2, 0.25) is 0 Å². The van der Waals surface area contributed by atoms with Crippen molar-refractivity contribution in [3.63, 3.8) is 0 Å². The molecule has 6 heteroatoms. The van der Waals surface area contributed by atoms with Crippen molar-refractivity contribution in [2.45, 2.75) is 45.2 Å². The van der Waals surface area contributed by atoms with Gasteiger partial charge in [0.15, 0.2) is 0 Å². The van der Waals surface area contributed by atoms with Gasteiger partial charge in [-0.2, -0.15) is 5.10 Å². The van der Waals surface area contributed by atoms with E-state index in [0.29, 0.717) is 5.52 Å². The summed E-state index contributed by atoms with van der Waals surface area (Å²) in [5.41, 5.74) is 1.11. The molecule has 0 saturated heterocycles. The highest BCUT2D eigenvalue weighted by atomic mass is 16.2. The van der Waals surface area contributed by atoms with E-state index < -0.39 is 0 Å². The van der Waals surface area contributed by atoms with Gasteiger partial charge in [-0.15, -0.1) is 0 Å². The van der Waals surface area contributed by atoms with Gasteiger partial charge in [-0.1, -0.05) is 25.1 Å². The van der Waals surface area contributed by atoms with Crippen molar-refractivity contribution >= 4 is 27.7 Å². The first-order valence-electron chi connectivity index (χ1n) is 8.87. The number of rotatable bonds is 3. The zero-order valence-electron chi connectivity index (χ0n) is 14.3. The highest BCUT2D eigenvalue weighted by Crippen LogP contribution is 2.26. The zero-order valence-corrected chi connectivity index (χ0v) is 14.3. The van der Waals surface area contributed by atoms with E-state index in [2.05, 4.69) is 22.4 Å². The maximum Gasteiger partial charge on any atom is 0.288 e. The Bertz CT molecular complexity index is 980. The second kappa shape index (κ2) is 6.35. The summed E-state index contributed by atoms with van der Waals surface area (Å²) in [6.07, 6.45) is 6.03. The van der Waals surface area contributed by atoms with Gasteiger partial charge in [-0.3, -0.25) is 9.59 Å². The number of carbonyl (C=O) groups is 1. The van der Waals surface area contributed by atoms with Gasteiger partial charge in [0.1, 0.15) is 12.1 Å². The van der Waals surface area contributed by atoms with Gasteiger partial charge in [0.2, 0.25) is 5.91 Å². The molecule has 0 radical (unpaired) electrons. The number of hydrogen-bond donors (Lipinski definition) is 2. The number of nitrogens with one attached hydrogen (secondary N) is 2. The van der Waals surface area contributed by atoms with E-state index in [9.17, 15) is 9.59 Å². The first kappa shape index (κ1) is 15.9. The van der Waals surface area contributed by atoms with Crippen LogP contribution in [-0.4, -0.2) is 26.7 Å². The summed E-state index contributed by atoms with van der Waals surface area (Å²) in [4.78, 5) is 24.9. The van der Waals surface area contributed by atoms with Crippen LogP contribution in [0.4, 0.5) is 0 Å². The van der Waals surface area contributed by atoms with Crippen LogP contribution in [0.25, 0.3) is 21.8 Å². The molecule has 2 N–H and O–H groups in total. The van der Waals surface area contributed by atoms with Gasteiger partial charge in [-0.05, 0) is 37.7 Å². The first-order valence-corrected chi connectivity index (χ1v) is 8.87. The molecule has 0 spiro atoms. The standard InChI is InChI=1S/C19H22N4O2/c1-12-6-8-13(9-7-12)21-17(24)11-23-16-5-3-2-4-14(16)15-10-20-22-19(25)18(15)23/h2-5,10,12-13H,6-9,11H2,1H3,(H,21,24)(H,22,25). The average Bonchev–Trinajstić information content (AvgIpc) is 2.93. The molecule has 0 aliphatic heterocycles. The number of benzene rings is 1. The van der Waals surface area contributed by atoms with E-state index in [1.54, 1.807) is 10.8 Å². The zero-order chi connectivity index (χ0) is 17.4. The fourth-order valence-electron chi connectivity index (χ4n) is 3.90. The topological polar surface area (TPSA) is 79.8 Å². The Labute approximate surface area is 145 Å². The smallest absolute Gasteiger partial charge is 0.288 e. The third-order valence-electron chi connectivity index (χ3n) is 5.27. The van der Waals surface area contributed by atoms with Crippen LogP contribution in [0.15, 0.2) is 35.3 Å². The van der Waals surface area contributed by atoms with Crippen LogP contribution >= 0.6 is 0 Å². The molecule has 0 unspecified atom stereocenters. The number of para-hydroxylation sites is 1. The maximum absolute atomic E-state index is 12.6. The lowest BCUT2D eigenvalue weighted by atomic mass is 9.87. The summed E-state index contributed by atoms with van der Waals surface area (Å²) >= 11 is 0. The molecule has 2 aromatic heterocycles. The van der Waals surface area contributed by atoms with Crippen molar-refractivity contribution in [1.29, 1.82) is 0 Å². The number of aromatic amines is 1. The third kappa shape index (κ3) is 2.92. The van der Waals surface area contributed by atoms with Gasteiger partial charge in [0.05, 0.1) is 6.20 Å². The Morgan fingerprint density at radius 3 is 2.80 bits per heavy atom. The van der Waals surface area contributed by atoms with Crippen LogP contribution in [0.5, 0.6) is 0 Å². The molecule has 1 saturated carbocycles. The van der Waals surface area contributed by atoms with E-state index in [4.69, 9.17) is 0 Å². The minimum Gasteiger partial charge on any atom is -0.352 e. The summed E-state index contributed by atoms with van der Waals surface area (Å²) in [5, 5.41) is 11.2. The number of fused-ring (bicyclic) bond motifs is 3. The SMILES string of the molecule is CC1CCC(NC(=O)Cn2c3ccccc3c3cn[nH]c(=O)c32)CC1. The van der Waals surface area contributed by atoms with E-state index in [-0.39, 0.29) is 24.1 Å². The summed E-state index contributed by atoms with van der Waals surface area (Å²) in [6, 6.07) is 7.98. The predicted molar refractivity (Wildman–Crippen MR) is 97.4 cm³/mol. The number of hydrogen-bond acceptors (Lipinski definition) is 3. The van der Waals surface area contributed by atoms with Crippen molar-refractivity contribution in [2.75, 3.05) is 0 Å². The van der Waals surface area contributed by atoms with Crippen molar-refractivity contribution in [3.05, 3.63) is 40.8 Å². The fraction of sp³-hybridized carbons (Fsp3) is 0.421. The number of amides is 1. The van der Waals surface area contributed by atoms with Crippen LogP contribution in [-0.2, 0) is 11.3 Å². The van der Waals surface area contributed by atoms with E-state index in [1.165, 1.54) is 0 Å². The molecular formula is C19H22N4O2. The largest absolute Gasteiger partial charge is 0.352 e. The van der Waals surface area contributed by atoms with E-state index >= 15 is 0 Å². The van der Waals surface area contributed by atoms with Crippen LogP contribution in [0.1, 0.15) is 32.6 Å². The predicted octanol–water partition coefficient (Wildman–Crippen LogP) is 2.57. The number of nitrogens with zero attached hydrogens (tertiary/aromatic N) is 2. The molecule has 3 aromatic rings. The Hall–Kier alpha value is -2.63. The van der Waals surface area contributed by atoms with E-state index in [0.717, 1.165) is 47.9 Å². The van der Waals surface area contributed by atoms with Crippen molar-refractivity contribution in [3.8, 4) is 0 Å². The van der Waals surface area contributed by atoms with Crippen LogP contribution in [0, 0.1) is 5.92 Å². The second-order valence-electron chi connectivity index (χ2n) is 7.09. The van der Waals surface area contributed by atoms with Crippen LogP contribution < -0.4 is 10.9 Å². The highest BCUT2D eigenvalue weighted by Gasteiger charge is 2.21. The molecule has 25 heavy (non-hydrogen) atoms. The number of carbonyl (C=O) groups excluding carboxylic acids is 1. The van der Waals surface area contributed by atoms with E-state index in [1.807, 2.05) is 24.3 Å². The fourth-order valence-corrected chi connectivity index (χ4v) is 3.90. The monoisotopic (exact) mass is 338 g/mol. The number of aromatic nitrogens is 3. The van der Waals surface area contributed by atoms with Gasteiger partial charge in [0, 0.05) is 22.3 Å². The Morgan fingerprint density at radius 2 is 2.00 bits per heavy atom. The first-order chi connectivity index (χ1) is 12.1. The lowest BCUT2D eigenvalue weighted by Crippen LogP contribution is -2.39. The van der Waals surface area contributed by atoms with Gasteiger partial charge < -0.3 is 9.88 Å². The Kier molecular flexibility index (Phi) is 4.03. The summed E-state index contributed by atoms with van der Waals surface area (Å²) in [6.45, 7) is 2.40. The molecule has 0 atom stereocenters. The molecule has 130 valence electrons. The molecule has 1 aliphatic rings. The highest BCUT2D eigenvalue weighted by molar-refractivity contribution is 6.07. The van der Waals surface area contributed by atoms with Gasteiger partial charge in [-0.25, -0.2) is 5.10 Å². The molecule has 2 heterocycles. The molecule has 4 rings (SSSR count). The minimum atomic E-state index is -0.270. The third-order valence-corrected chi connectivity index (χ3v) is 5.27. The molecule has 0 bridgehead atoms. The molecule has 1 aromatic carbocycles. The molecular weight excluding hydrogens is 316 g/mol.